The van der Waals surface area contributed by atoms with Gasteiger partial charge in [0, 0.05) is 0 Å². The van der Waals surface area contributed by atoms with Gasteiger partial charge < -0.3 is 0 Å². The zero-order chi connectivity index (χ0) is 14.7. The van der Waals surface area contributed by atoms with Crippen LogP contribution in [0.4, 0.5) is 0 Å². The standard InChI is InChI=1S/C19H23Br/c1-5-15-10-11-17(12-16(15)6-2)19(20)18-13(3)8-7-9-14(18)4/h7-12,19H,5-6H2,1-4H3. The van der Waals surface area contributed by atoms with Gasteiger partial charge in [0.1, 0.15) is 0 Å². The van der Waals surface area contributed by atoms with Crippen molar-refractivity contribution in [3.05, 3.63) is 69.8 Å². The highest BCUT2D eigenvalue weighted by molar-refractivity contribution is 9.09. The molecule has 2 rings (SSSR count). The maximum absolute atomic E-state index is 3.91. The van der Waals surface area contributed by atoms with Crippen molar-refractivity contribution in [3.8, 4) is 0 Å². The van der Waals surface area contributed by atoms with Crippen molar-refractivity contribution in [2.24, 2.45) is 0 Å². The van der Waals surface area contributed by atoms with Crippen LogP contribution in [0.15, 0.2) is 36.4 Å². The molecule has 0 fully saturated rings. The second-order valence-electron chi connectivity index (χ2n) is 5.40. The summed E-state index contributed by atoms with van der Waals surface area (Å²) in [6.45, 7) is 8.85. The fraction of sp³-hybridized carbons (Fsp3) is 0.368. The van der Waals surface area contributed by atoms with Crippen molar-refractivity contribution in [3.63, 3.8) is 0 Å². The van der Waals surface area contributed by atoms with Crippen molar-refractivity contribution >= 4 is 15.9 Å². The number of aryl methyl sites for hydroxylation is 4. The SMILES string of the molecule is CCc1ccc(C(Br)c2c(C)cccc2C)cc1CC. The summed E-state index contributed by atoms with van der Waals surface area (Å²) >= 11 is 3.91. The molecule has 0 aliphatic carbocycles. The maximum atomic E-state index is 3.91. The molecule has 0 bridgehead atoms. The maximum Gasteiger partial charge on any atom is 0.0649 e. The van der Waals surface area contributed by atoms with Gasteiger partial charge in [-0.1, -0.05) is 66.2 Å². The zero-order valence-electron chi connectivity index (χ0n) is 12.8. The van der Waals surface area contributed by atoms with Gasteiger partial charge in [-0.15, -0.1) is 0 Å². The summed E-state index contributed by atoms with van der Waals surface area (Å²) in [5.41, 5.74) is 8.40. The molecule has 0 radical (unpaired) electrons. The number of alkyl halides is 1. The van der Waals surface area contributed by atoms with E-state index in [9.17, 15) is 0 Å². The van der Waals surface area contributed by atoms with Gasteiger partial charge in [-0.3, -0.25) is 0 Å². The van der Waals surface area contributed by atoms with Crippen LogP contribution >= 0.6 is 15.9 Å². The van der Waals surface area contributed by atoms with E-state index in [1.165, 1.54) is 33.4 Å². The molecule has 1 heteroatoms. The first kappa shape index (κ1) is 15.3. The molecule has 0 heterocycles. The minimum Gasteiger partial charge on any atom is -0.0786 e. The molecule has 0 N–H and O–H groups in total. The normalized spacial score (nSPS) is 12.4. The second kappa shape index (κ2) is 6.58. The fourth-order valence-corrected chi connectivity index (χ4v) is 3.88. The predicted octanol–water partition coefficient (Wildman–Crippen LogP) is 5.91. The molecule has 106 valence electrons. The predicted molar refractivity (Wildman–Crippen MR) is 91.9 cm³/mol. The summed E-state index contributed by atoms with van der Waals surface area (Å²) in [7, 11) is 0. The van der Waals surface area contributed by atoms with Gasteiger partial charge in [0.15, 0.2) is 0 Å². The lowest BCUT2D eigenvalue weighted by Crippen LogP contribution is -2.01. The Morgan fingerprint density at radius 3 is 2.05 bits per heavy atom. The van der Waals surface area contributed by atoms with Crippen molar-refractivity contribution < 1.29 is 0 Å². The van der Waals surface area contributed by atoms with Crippen LogP contribution in [0.2, 0.25) is 0 Å². The topological polar surface area (TPSA) is 0 Å². The number of benzene rings is 2. The van der Waals surface area contributed by atoms with E-state index in [1.54, 1.807) is 0 Å². The van der Waals surface area contributed by atoms with Gasteiger partial charge in [-0.25, -0.2) is 0 Å². The van der Waals surface area contributed by atoms with Crippen LogP contribution in [-0.4, -0.2) is 0 Å². The minimum atomic E-state index is 0.278. The minimum absolute atomic E-state index is 0.278. The van der Waals surface area contributed by atoms with Crippen molar-refractivity contribution in [2.75, 3.05) is 0 Å². The van der Waals surface area contributed by atoms with E-state index in [1.807, 2.05) is 0 Å². The Kier molecular flexibility index (Phi) is 5.04. The van der Waals surface area contributed by atoms with E-state index >= 15 is 0 Å². The fourth-order valence-electron chi connectivity index (χ4n) is 2.87. The molecule has 1 unspecified atom stereocenters. The average Bonchev–Trinajstić information content (AvgIpc) is 2.46. The lowest BCUT2D eigenvalue weighted by atomic mass is 9.93. The third-order valence-electron chi connectivity index (χ3n) is 4.08. The Morgan fingerprint density at radius 1 is 0.900 bits per heavy atom. The van der Waals surface area contributed by atoms with Gasteiger partial charge in [0.2, 0.25) is 0 Å². The van der Waals surface area contributed by atoms with Gasteiger partial charge in [0.25, 0.3) is 0 Å². The molecule has 0 saturated heterocycles. The Hall–Kier alpha value is -1.08. The highest BCUT2D eigenvalue weighted by Gasteiger charge is 2.16. The molecule has 0 saturated carbocycles. The van der Waals surface area contributed by atoms with Gasteiger partial charge >= 0.3 is 0 Å². The van der Waals surface area contributed by atoms with Gasteiger partial charge in [0.05, 0.1) is 4.83 Å². The van der Waals surface area contributed by atoms with Crippen LogP contribution < -0.4 is 0 Å². The Morgan fingerprint density at radius 2 is 1.50 bits per heavy atom. The van der Waals surface area contributed by atoms with Gasteiger partial charge in [-0.05, 0) is 60.1 Å². The highest BCUT2D eigenvalue weighted by atomic mass is 79.9. The number of halogens is 1. The summed E-state index contributed by atoms with van der Waals surface area (Å²) in [4.78, 5) is 0.278. The molecule has 0 nitrogen and oxygen atoms in total. The highest BCUT2D eigenvalue weighted by Crippen LogP contribution is 2.35. The van der Waals surface area contributed by atoms with Crippen LogP contribution in [0.3, 0.4) is 0 Å². The first-order chi connectivity index (χ1) is 9.58. The van der Waals surface area contributed by atoms with Crippen molar-refractivity contribution in [1.82, 2.24) is 0 Å². The number of hydrogen-bond donors (Lipinski definition) is 0. The zero-order valence-corrected chi connectivity index (χ0v) is 14.4. The summed E-state index contributed by atoms with van der Waals surface area (Å²) in [5, 5.41) is 0. The summed E-state index contributed by atoms with van der Waals surface area (Å²) in [5.74, 6) is 0. The monoisotopic (exact) mass is 330 g/mol. The number of rotatable bonds is 4. The second-order valence-corrected chi connectivity index (χ2v) is 6.32. The molecule has 0 aliphatic heterocycles. The van der Waals surface area contributed by atoms with Crippen molar-refractivity contribution in [1.29, 1.82) is 0 Å². The third kappa shape index (κ3) is 2.98. The Labute approximate surface area is 131 Å². The first-order valence-corrected chi connectivity index (χ1v) is 8.31. The quantitative estimate of drug-likeness (QED) is 0.611. The lowest BCUT2D eigenvalue weighted by molar-refractivity contribution is 1.02. The molecular weight excluding hydrogens is 308 g/mol. The molecule has 2 aromatic rings. The van der Waals surface area contributed by atoms with E-state index in [0.29, 0.717) is 0 Å². The van der Waals surface area contributed by atoms with E-state index < -0.39 is 0 Å². The average molecular weight is 331 g/mol. The van der Waals surface area contributed by atoms with E-state index in [2.05, 4.69) is 80.0 Å². The molecule has 0 spiro atoms. The molecule has 0 aliphatic rings. The summed E-state index contributed by atoms with van der Waals surface area (Å²) in [6, 6.07) is 13.4. The largest absolute Gasteiger partial charge is 0.0786 e. The molecule has 20 heavy (non-hydrogen) atoms. The van der Waals surface area contributed by atoms with Crippen LogP contribution in [-0.2, 0) is 12.8 Å². The van der Waals surface area contributed by atoms with E-state index in [4.69, 9.17) is 0 Å². The van der Waals surface area contributed by atoms with Crippen LogP contribution in [0.1, 0.15) is 52.1 Å². The first-order valence-electron chi connectivity index (χ1n) is 7.40. The molecule has 1 atom stereocenters. The van der Waals surface area contributed by atoms with E-state index in [0.717, 1.165) is 12.8 Å². The lowest BCUT2D eigenvalue weighted by Gasteiger charge is -2.18. The smallest absolute Gasteiger partial charge is 0.0649 e. The summed E-state index contributed by atoms with van der Waals surface area (Å²) < 4.78 is 0. The van der Waals surface area contributed by atoms with Crippen LogP contribution in [0.25, 0.3) is 0 Å². The van der Waals surface area contributed by atoms with E-state index in [-0.39, 0.29) is 4.83 Å². The van der Waals surface area contributed by atoms with Crippen molar-refractivity contribution in [2.45, 2.75) is 45.4 Å². The van der Waals surface area contributed by atoms with Crippen LogP contribution in [0, 0.1) is 13.8 Å². The molecule has 0 aromatic heterocycles. The third-order valence-corrected chi connectivity index (χ3v) is 5.07. The molecule has 0 amide bonds. The van der Waals surface area contributed by atoms with Gasteiger partial charge in [-0.2, -0.15) is 0 Å². The Bertz CT molecular complexity index is 578. The Balaban J connectivity index is 2.46. The number of hydrogen-bond acceptors (Lipinski definition) is 0. The molecule has 2 aromatic carbocycles. The van der Waals surface area contributed by atoms with Crippen LogP contribution in [0.5, 0.6) is 0 Å². The molecular formula is C19H23Br. The summed E-state index contributed by atoms with van der Waals surface area (Å²) in [6.07, 6.45) is 2.21.